The molecule has 0 aliphatic carbocycles. The first-order chi connectivity index (χ1) is 11.1. The number of fused-ring (bicyclic) bond motifs is 1. The predicted molar refractivity (Wildman–Crippen MR) is 96.7 cm³/mol. The van der Waals surface area contributed by atoms with E-state index in [0.717, 1.165) is 48.2 Å². The molecule has 0 radical (unpaired) electrons. The van der Waals surface area contributed by atoms with E-state index in [1.54, 1.807) is 13.4 Å². The average Bonchev–Trinajstić information content (AvgIpc) is 2.97. The van der Waals surface area contributed by atoms with Gasteiger partial charge in [0.1, 0.15) is 11.3 Å². The molecule has 0 bridgehead atoms. The number of rotatable bonds is 4. The van der Waals surface area contributed by atoms with Crippen molar-refractivity contribution in [3.63, 3.8) is 0 Å². The lowest BCUT2D eigenvalue weighted by Crippen LogP contribution is -2.43. The molecule has 1 aromatic heterocycles. The first-order valence-corrected chi connectivity index (χ1v) is 8.16. The number of halogens is 1. The molecule has 1 aromatic carbocycles. The number of methoxy groups -OCH3 is 1. The van der Waals surface area contributed by atoms with Gasteiger partial charge in [-0.05, 0) is 37.8 Å². The molecule has 1 aliphatic heterocycles. The first-order valence-electron chi connectivity index (χ1n) is 8.16. The van der Waals surface area contributed by atoms with E-state index in [9.17, 15) is 4.79 Å². The standard InChI is InChI=1S/C18H24N2O3.ClH/c1-12(19)13-5-7-20(8-6-13)18(21)9-14-11-23-17-10-15(22-2)3-4-16(14)17;/h3-4,10-13H,5-9,19H2,1-2H3;1H. The van der Waals surface area contributed by atoms with Gasteiger partial charge in [0.25, 0.3) is 0 Å². The number of likely N-dealkylation sites (tertiary alicyclic amines) is 1. The van der Waals surface area contributed by atoms with Gasteiger partial charge in [0.2, 0.25) is 5.91 Å². The van der Waals surface area contributed by atoms with Crippen LogP contribution in [-0.2, 0) is 11.2 Å². The van der Waals surface area contributed by atoms with Gasteiger partial charge in [-0.3, -0.25) is 4.79 Å². The molecule has 0 spiro atoms. The van der Waals surface area contributed by atoms with Gasteiger partial charge in [0.15, 0.2) is 0 Å². The Morgan fingerprint density at radius 2 is 2.12 bits per heavy atom. The van der Waals surface area contributed by atoms with Crippen LogP contribution in [0.25, 0.3) is 11.0 Å². The molecule has 2 aromatic rings. The molecule has 2 heterocycles. The van der Waals surface area contributed by atoms with Crippen LogP contribution in [0.3, 0.4) is 0 Å². The van der Waals surface area contributed by atoms with Crippen LogP contribution in [0.5, 0.6) is 5.75 Å². The Morgan fingerprint density at radius 1 is 1.42 bits per heavy atom. The Hall–Kier alpha value is -1.72. The number of hydrogen-bond donors (Lipinski definition) is 1. The quantitative estimate of drug-likeness (QED) is 0.918. The van der Waals surface area contributed by atoms with Crippen molar-refractivity contribution < 1.29 is 13.9 Å². The number of carbonyl (C=O) groups excluding carboxylic acids is 1. The number of nitrogens with zero attached hydrogens (tertiary/aromatic N) is 1. The molecule has 1 unspecified atom stereocenters. The maximum atomic E-state index is 12.5. The number of benzene rings is 1. The number of furan rings is 1. The second kappa shape index (κ2) is 7.90. The summed E-state index contributed by atoms with van der Waals surface area (Å²) >= 11 is 0. The molecule has 3 rings (SSSR count). The van der Waals surface area contributed by atoms with Crippen LogP contribution in [0.2, 0.25) is 0 Å². The molecule has 1 saturated heterocycles. The van der Waals surface area contributed by atoms with E-state index in [4.69, 9.17) is 14.9 Å². The Morgan fingerprint density at radius 3 is 2.75 bits per heavy atom. The zero-order valence-corrected chi connectivity index (χ0v) is 15.0. The smallest absolute Gasteiger partial charge is 0.227 e. The molecule has 1 aliphatic rings. The minimum absolute atomic E-state index is 0. The van der Waals surface area contributed by atoms with Gasteiger partial charge in [-0.25, -0.2) is 0 Å². The van der Waals surface area contributed by atoms with Crippen LogP contribution in [0, 0.1) is 5.92 Å². The van der Waals surface area contributed by atoms with Crippen molar-refractivity contribution in [3.05, 3.63) is 30.0 Å². The van der Waals surface area contributed by atoms with Crippen LogP contribution in [0.4, 0.5) is 0 Å². The molecular weight excluding hydrogens is 328 g/mol. The van der Waals surface area contributed by atoms with Gasteiger partial charge in [0, 0.05) is 36.1 Å². The van der Waals surface area contributed by atoms with Crippen molar-refractivity contribution in [2.45, 2.75) is 32.2 Å². The summed E-state index contributed by atoms with van der Waals surface area (Å²) in [5.41, 5.74) is 7.64. The highest BCUT2D eigenvalue weighted by atomic mass is 35.5. The van der Waals surface area contributed by atoms with Crippen LogP contribution in [0.1, 0.15) is 25.3 Å². The van der Waals surface area contributed by atoms with E-state index in [2.05, 4.69) is 0 Å². The second-order valence-electron chi connectivity index (χ2n) is 6.38. The second-order valence-corrected chi connectivity index (χ2v) is 6.38. The van der Waals surface area contributed by atoms with Crippen molar-refractivity contribution in [2.75, 3.05) is 20.2 Å². The highest BCUT2D eigenvalue weighted by molar-refractivity contribution is 5.88. The summed E-state index contributed by atoms with van der Waals surface area (Å²) in [5, 5.41) is 0.976. The van der Waals surface area contributed by atoms with E-state index in [1.165, 1.54) is 0 Å². The molecule has 24 heavy (non-hydrogen) atoms. The van der Waals surface area contributed by atoms with Crippen molar-refractivity contribution in [2.24, 2.45) is 11.7 Å². The minimum atomic E-state index is 0. The zero-order valence-electron chi connectivity index (χ0n) is 14.2. The van der Waals surface area contributed by atoms with Crippen LogP contribution < -0.4 is 10.5 Å². The fourth-order valence-corrected chi connectivity index (χ4v) is 3.28. The maximum Gasteiger partial charge on any atom is 0.227 e. The zero-order chi connectivity index (χ0) is 16.4. The van der Waals surface area contributed by atoms with Crippen molar-refractivity contribution in [1.29, 1.82) is 0 Å². The number of nitrogens with two attached hydrogens (primary N) is 1. The van der Waals surface area contributed by atoms with E-state index in [0.29, 0.717) is 12.3 Å². The minimum Gasteiger partial charge on any atom is -0.497 e. The number of amides is 1. The number of hydrogen-bond acceptors (Lipinski definition) is 4. The molecule has 1 fully saturated rings. The van der Waals surface area contributed by atoms with Crippen LogP contribution in [0.15, 0.2) is 28.9 Å². The summed E-state index contributed by atoms with van der Waals surface area (Å²) in [6.07, 6.45) is 4.04. The molecule has 5 nitrogen and oxygen atoms in total. The molecule has 132 valence electrons. The lowest BCUT2D eigenvalue weighted by Gasteiger charge is -2.33. The Labute approximate surface area is 148 Å². The Bertz CT molecular complexity index is 691. The molecule has 1 atom stereocenters. The van der Waals surface area contributed by atoms with Crippen molar-refractivity contribution in [1.82, 2.24) is 4.90 Å². The van der Waals surface area contributed by atoms with E-state index in [1.807, 2.05) is 30.0 Å². The van der Waals surface area contributed by atoms with Gasteiger partial charge in [-0.2, -0.15) is 0 Å². The maximum absolute atomic E-state index is 12.5. The number of piperidine rings is 1. The van der Waals surface area contributed by atoms with E-state index in [-0.39, 0.29) is 24.4 Å². The Kier molecular flexibility index (Phi) is 6.13. The average molecular weight is 353 g/mol. The number of ether oxygens (including phenoxy) is 1. The molecule has 2 N–H and O–H groups in total. The summed E-state index contributed by atoms with van der Waals surface area (Å²) in [6.45, 7) is 3.65. The largest absolute Gasteiger partial charge is 0.497 e. The van der Waals surface area contributed by atoms with E-state index >= 15 is 0 Å². The Balaban J connectivity index is 0.00000208. The lowest BCUT2D eigenvalue weighted by molar-refractivity contribution is -0.131. The fraction of sp³-hybridized carbons (Fsp3) is 0.500. The van der Waals surface area contributed by atoms with Crippen LogP contribution in [-0.4, -0.2) is 37.0 Å². The summed E-state index contributed by atoms with van der Waals surface area (Å²) in [7, 11) is 1.63. The topological polar surface area (TPSA) is 68.7 Å². The van der Waals surface area contributed by atoms with Gasteiger partial charge in [0.05, 0.1) is 19.8 Å². The molecule has 6 heteroatoms. The van der Waals surface area contributed by atoms with Crippen molar-refractivity contribution >= 4 is 29.3 Å². The van der Waals surface area contributed by atoms with Crippen molar-refractivity contribution in [3.8, 4) is 5.75 Å². The summed E-state index contributed by atoms with van der Waals surface area (Å²) < 4.78 is 10.8. The third kappa shape index (κ3) is 3.84. The summed E-state index contributed by atoms with van der Waals surface area (Å²) in [4.78, 5) is 14.5. The first kappa shape index (κ1) is 18.6. The summed E-state index contributed by atoms with van der Waals surface area (Å²) in [5.74, 6) is 1.44. The SMILES string of the molecule is COc1ccc2c(CC(=O)N3CCC(C(C)N)CC3)coc2c1.Cl. The van der Waals surface area contributed by atoms with Gasteiger partial charge in [-0.15, -0.1) is 12.4 Å². The third-order valence-corrected chi connectivity index (χ3v) is 4.84. The monoisotopic (exact) mass is 352 g/mol. The van der Waals surface area contributed by atoms with E-state index < -0.39 is 0 Å². The van der Waals surface area contributed by atoms with Gasteiger partial charge >= 0.3 is 0 Å². The highest BCUT2D eigenvalue weighted by Gasteiger charge is 2.25. The third-order valence-electron chi connectivity index (χ3n) is 4.84. The molecule has 1 amide bonds. The predicted octanol–water partition coefficient (Wildman–Crippen LogP) is 2.99. The molecule has 0 saturated carbocycles. The van der Waals surface area contributed by atoms with Gasteiger partial charge in [-0.1, -0.05) is 0 Å². The normalized spacial score (nSPS) is 16.7. The number of carbonyl (C=O) groups is 1. The van der Waals surface area contributed by atoms with Gasteiger partial charge < -0.3 is 19.8 Å². The fourth-order valence-electron chi connectivity index (χ4n) is 3.28. The highest BCUT2D eigenvalue weighted by Crippen LogP contribution is 2.27. The summed E-state index contributed by atoms with van der Waals surface area (Å²) in [6, 6.07) is 5.89. The van der Waals surface area contributed by atoms with Crippen LogP contribution >= 0.6 is 12.4 Å². The molecular formula is C18H25ClN2O3. The lowest BCUT2D eigenvalue weighted by atomic mass is 9.91.